The Balaban J connectivity index is 1.77. The third-order valence-electron chi connectivity index (χ3n) is 4.02. The Hall–Kier alpha value is -1.79. The van der Waals surface area contributed by atoms with Crippen LogP contribution < -0.4 is 0 Å². The molecule has 0 unspecified atom stereocenters. The van der Waals surface area contributed by atoms with Gasteiger partial charge in [-0.2, -0.15) is 0 Å². The zero-order valence-corrected chi connectivity index (χ0v) is 14.1. The summed E-state index contributed by atoms with van der Waals surface area (Å²) in [5, 5.41) is 0.624. The average molecular weight is 354 g/mol. The molecule has 0 aliphatic carbocycles. The first-order chi connectivity index (χ1) is 10.9. The van der Waals surface area contributed by atoms with Gasteiger partial charge in [0.25, 0.3) is 5.91 Å². The van der Waals surface area contributed by atoms with Crippen LogP contribution in [0.4, 0.5) is 0 Å². The lowest BCUT2D eigenvalue weighted by atomic mass is 10.2. The lowest BCUT2D eigenvalue weighted by Gasteiger charge is -2.22. The smallest absolute Gasteiger partial charge is 0.289 e. The quantitative estimate of drug-likeness (QED) is 0.850. The molecular formula is C16H16ClNO4S. The third-order valence-corrected chi connectivity index (χ3v) is 6.02. The van der Waals surface area contributed by atoms with Gasteiger partial charge in [-0.25, -0.2) is 8.42 Å². The molecule has 1 amide bonds. The largest absolute Gasteiger partial charge is 0.451 e. The van der Waals surface area contributed by atoms with Gasteiger partial charge in [0.1, 0.15) is 5.76 Å². The highest BCUT2D eigenvalue weighted by Gasteiger charge is 2.33. The van der Waals surface area contributed by atoms with Gasteiger partial charge in [-0.15, -0.1) is 0 Å². The summed E-state index contributed by atoms with van der Waals surface area (Å²) < 4.78 is 28.7. The van der Waals surface area contributed by atoms with Gasteiger partial charge in [0.2, 0.25) is 0 Å². The summed E-state index contributed by atoms with van der Waals surface area (Å²) in [7, 11) is -1.43. The van der Waals surface area contributed by atoms with E-state index in [2.05, 4.69) is 0 Å². The van der Waals surface area contributed by atoms with Crippen molar-refractivity contribution in [3.8, 4) is 11.3 Å². The fourth-order valence-corrected chi connectivity index (χ4v) is 4.54. The maximum atomic E-state index is 12.5. The van der Waals surface area contributed by atoms with E-state index in [1.807, 2.05) is 12.1 Å². The molecule has 23 heavy (non-hydrogen) atoms. The minimum absolute atomic E-state index is 0.0139. The number of hydrogen-bond donors (Lipinski definition) is 0. The van der Waals surface area contributed by atoms with Crippen LogP contribution in [0.2, 0.25) is 5.02 Å². The second-order valence-corrected chi connectivity index (χ2v) is 8.31. The fraction of sp³-hybridized carbons (Fsp3) is 0.312. The topological polar surface area (TPSA) is 67.6 Å². The van der Waals surface area contributed by atoms with Crippen LogP contribution in [0.1, 0.15) is 17.0 Å². The lowest BCUT2D eigenvalue weighted by Crippen LogP contribution is -2.37. The number of halogens is 1. The van der Waals surface area contributed by atoms with Crippen LogP contribution in [0.25, 0.3) is 11.3 Å². The number of amides is 1. The SMILES string of the molecule is CN(C(=O)c1ccc(-c2ccc(Cl)cc2)o1)[C@@H]1CCS(=O)(=O)C1. The van der Waals surface area contributed by atoms with E-state index >= 15 is 0 Å². The summed E-state index contributed by atoms with van der Waals surface area (Å²) in [6, 6.07) is 10.1. The van der Waals surface area contributed by atoms with Crippen LogP contribution in [0.3, 0.4) is 0 Å². The fourth-order valence-electron chi connectivity index (χ4n) is 2.64. The Morgan fingerprint density at radius 3 is 2.52 bits per heavy atom. The molecule has 0 spiro atoms. The van der Waals surface area contributed by atoms with Crippen LogP contribution in [-0.2, 0) is 9.84 Å². The highest BCUT2D eigenvalue weighted by atomic mass is 35.5. The summed E-state index contributed by atoms with van der Waals surface area (Å²) in [5.41, 5.74) is 0.819. The van der Waals surface area contributed by atoms with Crippen molar-refractivity contribution in [1.29, 1.82) is 0 Å². The molecule has 0 N–H and O–H groups in total. The van der Waals surface area contributed by atoms with E-state index in [4.69, 9.17) is 16.0 Å². The molecule has 2 heterocycles. The molecule has 1 atom stereocenters. The second-order valence-electron chi connectivity index (χ2n) is 5.64. The van der Waals surface area contributed by atoms with Crippen LogP contribution in [0, 0.1) is 0 Å². The first-order valence-electron chi connectivity index (χ1n) is 7.19. The van der Waals surface area contributed by atoms with Gasteiger partial charge in [-0.05, 0) is 42.8 Å². The van der Waals surface area contributed by atoms with E-state index in [-0.39, 0.29) is 29.2 Å². The van der Waals surface area contributed by atoms with Gasteiger partial charge in [0.05, 0.1) is 11.5 Å². The summed E-state index contributed by atoms with van der Waals surface area (Å²) in [6.07, 6.45) is 0.468. The van der Waals surface area contributed by atoms with E-state index in [9.17, 15) is 13.2 Å². The third kappa shape index (κ3) is 3.43. The molecule has 1 fully saturated rings. The molecule has 3 rings (SSSR count). The number of benzene rings is 1. The van der Waals surface area contributed by atoms with Crippen molar-refractivity contribution >= 4 is 27.3 Å². The maximum absolute atomic E-state index is 12.5. The van der Waals surface area contributed by atoms with Crippen LogP contribution >= 0.6 is 11.6 Å². The van der Waals surface area contributed by atoms with Gasteiger partial charge in [-0.1, -0.05) is 11.6 Å². The van der Waals surface area contributed by atoms with Gasteiger partial charge in [0.15, 0.2) is 15.6 Å². The average Bonchev–Trinajstić information content (AvgIpc) is 3.13. The molecule has 1 aromatic carbocycles. The van der Waals surface area contributed by atoms with Crippen molar-refractivity contribution in [2.45, 2.75) is 12.5 Å². The summed E-state index contributed by atoms with van der Waals surface area (Å²) in [4.78, 5) is 13.9. The normalized spacial score (nSPS) is 19.7. The van der Waals surface area contributed by atoms with Gasteiger partial charge >= 0.3 is 0 Å². The number of nitrogens with zero attached hydrogens (tertiary/aromatic N) is 1. The number of hydrogen-bond acceptors (Lipinski definition) is 4. The molecular weight excluding hydrogens is 338 g/mol. The molecule has 122 valence electrons. The zero-order valence-electron chi connectivity index (χ0n) is 12.5. The second kappa shape index (κ2) is 6.02. The van der Waals surface area contributed by atoms with Crippen molar-refractivity contribution in [2.24, 2.45) is 0 Å². The minimum Gasteiger partial charge on any atom is -0.451 e. The number of carbonyl (C=O) groups is 1. The van der Waals surface area contributed by atoms with Crippen molar-refractivity contribution in [3.63, 3.8) is 0 Å². The molecule has 1 saturated heterocycles. The van der Waals surface area contributed by atoms with Crippen molar-refractivity contribution in [3.05, 3.63) is 47.2 Å². The molecule has 2 aromatic rings. The van der Waals surface area contributed by atoms with Gasteiger partial charge < -0.3 is 9.32 Å². The molecule has 5 nitrogen and oxygen atoms in total. The van der Waals surface area contributed by atoms with Crippen LogP contribution in [-0.4, -0.2) is 43.8 Å². The Morgan fingerprint density at radius 2 is 1.91 bits per heavy atom. The van der Waals surface area contributed by atoms with E-state index < -0.39 is 9.84 Å². The van der Waals surface area contributed by atoms with E-state index in [0.717, 1.165) is 5.56 Å². The number of rotatable bonds is 3. The number of sulfone groups is 1. The Kier molecular flexibility index (Phi) is 4.21. The maximum Gasteiger partial charge on any atom is 0.289 e. The molecule has 1 aliphatic heterocycles. The monoisotopic (exact) mass is 353 g/mol. The standard InChI is InChI=1S/C16H16ClNO4S/c1-18(13-8-9-23(20,21)10-13)16(19)15-7-6-14(22-15)11-2-4-12(17)5-3-11/h2-7,13H,8-10H2,1H3/t13-/m1/s1. The van der Waals surface area contributed by atoms with Gasteiger partial charge in [0, 0.05) is 23.7 Å². The minimum atomic E-state index is -3.04. The van der Waals surface area contributed by atoms with Crippen molar-refractivity contribution in [2.75, 3.05) is 18.6 Å². The molecule has 0 radical (unpaired) electrons. The number of carbonyl (C=O) groups excluding carboxylic acids is 1. The highest BCUT2D eigenvalue weighted by molar-refractivity contribution is 7.91. The predicted molar refractivity (Wildman–Crippen MR) is 88.3 cm³/mol. The number of furan rings is 1. The Bertz CT molecular complexity index is 826. The van der Waals surface area contributed by atoms with Crippen LogP contribution in [0.5, 0.6) is 0 Å². The van der Waals surface area contributed by atoms with E-state index in [1.165, 1.54) is 4.90 Å². The van der Waals surface area contributed by atoms with Crippen molar-refractivity contribution in [1.82, 2.24) is 4.90 Å². The van der Waals surface area contributed by atoms with Crippen LogP contribution in [0.15, 0.2) is 40.8 Å². The van der Waals surface area contributed by atoms with E-state index in [1.54, 1.807) is 31.3 Å². The Morgan fingerprint density at radius 1 is 1.22 bits per heavy atom. The first kappa shape index (κ1) is 16.1. The Labute approximate surface area is 139 Å². The molecule has 0 saturated carbocycles. The molecule has 0 bridgehead atoms. The summed E-state index contributed by atoms with van der Waals surface area (Å²) in [6.45, 7) is 0. The lowest BCUT2D eigenvalue weighted by molar-refractivity contribution is 0.0716. The van der Waals surface area contributed by atoms with Gasteiger partial charge in [-0.3, -0.25) is 4.79 Å². The zero-order chi connectivity index (χ0) is 16.6. The molecule has 1 aliphatic rings. The highest BCUT2D eigenvalue weighted by Crippen LogP contribution is 2.25. The molecule has 1 aromatic heterocycles. The summed E-state index contributed by atoms with van der Waals surface area (Å²) in [5.74, 6) is 0.593. The summed E-state index contributed by atoms with van der Waals surface area (Å²) >= 11 is 5.85. The molecule has 7 heteroatoms. The van der Waals surface area contributed by atoms with Crippen molar-refractivity contribution < 1.29 is 17.6 Å². The predicted octanol–water partition coefficient (Wildman–Crippen LogP) is 2.86. The first-order valence-corrected chi connectivity index (χ1v) is 9.39. The van der Waals surface area contributed by atoms with E-state index in [0.29, 0.717) is 17.2 Å².